The van der Waals surface area contributed by atoms with E-state index in [1.54, 1.807) is 7.11 Å². The Kier molecular flexibility index (Phi) is 5.85. The van der Waals surface area contributed by atoms with Crippen LogP contribution in [0.15, 0.2) is 53.7 Å². The summed E-state index contributed by atoms with van der Waals surface area (Å²) < 4.78 is 7.17. The lowest BCUT2D eigenvalue weighted by molar-refractivity contribution is -0.116. The number of fused-ring (bicyclic) bond motifs is 1. The highest BCUT2D eigenvalue weighted by atomic mass is 32.2. The van der Waals surface area contributed by atoms with Gasteiger partial charge in [-0.15, -0.1) is 10.2 Å². The zero-order valence-electron chi connectivity index (χ0n) is 16.7. The number of aryl methyl sites for hydroxylation is 1. The minimum absolute atomic E-state index is 0.113. The fourth-order valence-electron chi connectivity index (χ4n) is 3.55. The van der Waals surface area contributed by atoms with E-state index in [9.17, 15) is 4.79 Å². The summed E-state index contributed by atoms with van der Waals surface area (Å²) >= 11 is 1.44. The van der Waals surface area contributed by atoms with Gasteiger partial charge < -0.3 is 14.2 Å². The first-order chi connectivity index (χ1) is 14.2. The predicted octanol–water partition coefficient (Wildman–Crippen LogP) is 3.49. The fourth-order valence-corrected chi connectivity index (χ4v) is 4.35. The van der Waals surface area contributed by atoms with Crippen LogP contribution < -0.4 is 9.64 Å². The molecule has 0 unspecified atom stereocenters. The van der Waals surface area contributed by atoms with Gasteiger partial charge in [-0.05, 0) is 42.2 Å². The number of anilines is 1. The molecular formula is C22H24N4O2S. The molecule has 7 heteroatoms. The highest BCUT2D eigenvalue weighted by Crippen LogP contribution is 2.28. The molecule has 2 heterocycles. The molecule has 1 aliphatic heterocycles. The van der Waals surface area contributed by atoms with Gasteiger partial charge in [-0.2, -0.15) is 0 Å². The first-order valence-electron chi connectivity index (χ1n) is 9.68. The Morgan fingerprint density at radius 1 is 1.14 bits per heavy atom. The topological polar surface area (TPSA) is 60.3 Å². The Morgan fingerprint density at radius 3 is 2.72 bits per heavy atom. The average Bonchev–Trinajstić information content (AvgIpc) is 3.11. The number of methoxy groups -OCH3 is 1. The number of para-hydroxylation sites is 1. The molecule has 0 fully saturated rings. The first kappa shape index (κ1) is 19.5. The number of thioether (sulfide) groups is 1. The van der Waals surface area contributed by atoms with Crippen LogP contribution in [0, 0.1) is 0 Å². The standard InChI is InChI=1S/C22H24N4O2S/c1-25-20(14-16-9-11-18(28-2)12-10-16)23-24-22(25)29-15-21(27)26-13-5-7-17-6-3-4-8-19(17)26/h3-4,6,8-12H,5,7,13-15H2,1-2H3. The van der Waals surface area contributed by atoms with Crippen LogP contribution in [0.5, 0.6) is 5.75 Å². The first-order valence-corrected chi connectivity index (χ1v) is 10.7. The number of rotatable bonds is 6. The highest BCUT2D eigenvalue weighted by Gasteiger charge is 2.22. The molecule has 3 aromatic rings. The summed E-state index contributed by atoms with van der Waals surface area (Å²) in [6.45, 7) is 0.776. The molecule has 0 saturated carbocycles. The van der Waals surface area contributed by atoms with E-state index in [1.165, 1.54) is 17.3 Å². The molecule has 0 bridgehead atoms. The molecule has 1 aliphatic rings. The number of nitrogens with zero attached hydrogens (tertiary/aromatic N) is 4. The number of aromatic nitrogens is 3. The maximum Gasteiger partial charge on any atom is 0.237 e. The number of hydrogen-bond acceptors (Lipinski definition) is 5. The van der Waals surface area contributed by atoms with Crippen LogP contribution >= 0.6 is 11.8 Å². The summed E-state index contributed by atoms with van der Waals surface area (Å²) in [7, 11) is 3.60. The SMILES string of the molecule is COc1ccc(Cc2nnc(SCC(=O)N3CCCc4ccccc43)n2C)cc1. The quantitative estimate of drug-likeness (QED) is 0.585. The summed E-state index contributed by atoms with van der Waals surface area (Å²) in [5, 5.41) is 9.36. The van der Waals surface area contributed by atoms with Crippen molar-refractivity contribution < 1.29 is 9.53 Å². The third kappa shape index (κ3) is 4.29. The van der Waals surface area contributed by atoms with Crippen molar-refractivity contribution in [2.24, 2.45) is 7.05 Å². The van der Waals surface area contributed by atoms with E-state index in [4.69, 9.17) is 4.74 Å². The number of ether oxygens (including phenoxy) is 1. The van der Waals surface area contributed by atoms with Gasteiger partial charge in [0.05, 0.1) is 12.9 Å². The van der Waals surface area contributed by atoms with E-state index in [-0.39, 0.29) is 5.91 Å². The average molecular weight is 409 g/mol. The maximum absolute atomic E-state index is 12.8. The second kappa shape index (κ2) is 8.69. The van der Waals surface area contributed by atoms with Crippen molar-refractivity contribution in [2.75, 3.05) is 24.3 Å². The fraction of sp³-hybridized carbons (Fsp3) is 0.318. The van der Waals surface area contributed by atoms with Gasteiger partial charge in [0.1, 0.15) is 11.6 Å². The molecular weight excluding hydrogens is 384 g/mol. The van der Waals surface area contributed by atoms with Crippen LogP contribution in [-0.2, 0) is 24.7 Å². The normalized spacial score (nSPS) is 13.2. The van der Waals surface area contributed by atoms with Gasteiger partial charge in [0.2, 0.25) is 5.91 Å². The van der Waals surface area contributed by atoms with Gasteiger partial charge in [0, 0.05) is 25.7 Å². The molecule has 29 heavy (non-hydrogen) atoms. The zero-order valence-corrected chi connectivity index (χ0v) is 17.5. The van der Waals surface area contributed by atoms with E-state index in [2.05, 4.69) is 16.3 Å². The third-order valence-corrected chi connectivity index (χ3v) is 6.19. The van der Waals surface area contributed by atoms with E-state index in [0.29, 0.717) is 12.2 Å². The Labute approximate surface area is 174 Å². The smallest absolute Gasteiger partial charge is 0.237 e. The third-order valence-electron chi connectivity index (χ3n) is 5.18. The summed E-state index contributed by atoms with van der Waals surface area (Å²) in [6, 6.07) is 16.1. The van der Waals surface area contributed by atoms with Crippen molar-refractivity contribution in [1.29, 1.82) is 0 Å². The van der Waals surface area contributed by atoms with Crippen LogP contribution in [-0.4, -0.2) is 40.1 Å². The van der Waals surface area contributed by atoms with Crippen LogP contribution in [0.1, 0.15) is 23.4 Å². The molecule has 1 aromatic heterocycles. The molecule has 1 amide bonds. The van der Waals surface area contributed by atoms with E-state index in [1.807, 2.05) is 59.0 Å². The van der Waals surface area contributed by atoms with Crippen molar-refractivity contribution >= 4 is 23.4 Å². The number of carbonyl (C=O) groups is 1. The Morgan fingerprint density at radius 2 is 1.93 bits per heavy atom. The summed E-state index contributed by atoms with van der Waals surface area (Å²) in [6.07, 6.45) is 2.72. The summed E-state index contributed by atoms with van der Waals surface area (Å²) in [5.74, 6) is 2.17. The van der Waals surface area contributed by atoms with Gasteiger partial charge >= 0.3 is 0 Å². The number of amides is 1. The van der Waals surface area contributed by atoms with Crippen molar-refractivity contribution in [3.05, 3.63) is 65.5 Å². The lowest BCUT2D eigenvalue weighted by Gasteiger charge is -2.29. The van der Waals surface area contributed by atoms with Crippen LogP contribution in [0.4, 0.5) is 5.69 Å². The van der Waals surface area contributed by atoms with Gasteiger partial charge in [0.25, 0.3) is 0 Å². The largest absolute Gasteiger partial charge is 0.497 e. The monoisotopic (exact) mass is 408 g/mol. The van der Waals surface area contributed by atoms with E-state index in [0.717, 1.165) is 47.4 Å². The van der Waals surface area contributed by atoms with Gasteiger partial charge in [-0.3, -0.25) is 4.79 Å². The molecule has 6 nitrogen and oxygen atoms in total. The second-order valence-corrected chi connectivity index (χ2v) is 7.99. The molecule has 0 saturated heterocycles. The van der Waals surface area contributed by atoms with Gasteiger partial charge in [0.15, 0.2) is 5.16 Å². The predicted molar refractivity (Wildman–Crippen MR) is 115 cm³/mol. The lowest BCUT2D eigenvalue weighted by Crippen LogP contribution is -2.36. The van der Waals surface area contributed by atoms with Crippen LogP contribution in [0.3, 0.4) is 0 Å². The molecule has 0 spiro atoms. The van der Waals surface area contributed by atoms with E-state index >= 15 is 0 Å². The second-order valence-electron chi connectivity index (χ2n) is 7.05. The molecule has 0 radical (unpaired) electrons. The highest BCUT2D eigenvalue weighted by molar-refractivity contribution is 7.99. The minimum atomic E-state index is 0.113. The molecule has 4 rings (SSSR count). The Balaban J connectivity index is 1.40. The number of hydrogen-bond donors (Lipinski definition) is 0. The summed E-state index contributed by atoms with van der Waals surface area (Å²) in [4.78, 5) is 14.7. The van der Waals surface area contributed by atoms with Crippen LogP contribution in [0.2, 0.25) is 0 Å². The lowest BCUT2D eigenvalue weighted by atomic mass is 10.0. The molecule has 150 valence electrons. The van der Waals surface area contributed by atoms with Crippen molar-refractivity contribution in [2.45, 2.75) is 24.4 Å². The minimum Gasteiger partial charge on any atom is -0.497 e. The zero-order chi connectivity index (χ0) is 20.2. The van der Waals surface area contributed by atoms with Gasteiger partial charge in [-0.1, -0.05) is 42.1 Å². The maximum atomic E-state index is 12.8. The molecule has 0 aliphatic carbocycles. The van der Waals surface area contributed by atoms with Gasteiger partial charge in [-0.25, -0.2) is 0 Å². The Bertz CT molecular complexity index is 1000. The van der Waals surface area contributed by atoms with Crippen LogP contribution in [0.25, 0.3) is 0 Å². The van der Waals surface area contributed by atoms with Crippen molar-refractivity contribution in [1.82, 2.24) is 14.8 Å². The number of carbonyl (C=O) groups excluding carboxylic acids is 1. The molecule has 0 atom stereocenters. The summed E-state index contributed by atoms with van der Waals surface area (Å²) in [5.41, 5.74) is 3.43. The van der Waals surface area contributed by atoms with E-state index < -0.39 is 0 Å². The Hall–Kier alpha value is -2.80. The molecule has 0 N–H and O–H groups in total. The molecule has 2 aromatic carbocycles. The van der Waals surface area contributed by atoms with Crippen molar-refractivity contribution in [3.63, 3.8) is 0 Å². The van der Waals surface area contributed by atoms with Crippen molar-refractivity contribution in [3.8, 4) is 5.75 Å². The number of benzene rings is 2.